The van der Waals surface area contributed by atoms with Crippen molar-refractivity contribution in [3.05, 3.63) is 12.2 Å². The van der Waals surface area contributed by atoms with Crippen molar-refractivity contribution in [2.24, 2.45) is 23.7 Å². The minimum absolute atomic E-state index is 0.608. The maximum absolute atomic E-state index is 5.82. The predicted molar refractivity (Wildman–Crippen MR) is 52.4 cm³/mol. The van der Waals surface area contributed by atoms with Gasteiger partial charge in [0.2, 0.25) is 0 Å². The molecule has 0 aliphatic heterocycles. The summed E-state index contributed by atoms with van der Waals surface area (Å²) in [6.45, 7) is 3.02. The van der Waals surface area contributed by atoms with Crippen LogP contribution in [0.2, 0.25) is 0 Å². The molecule has 0 N–H and O–H groups in total. The van der Waals surface area contributed by atoms with E-state index in [1.807, 2.05) is 0 Å². The van der Waals surface area contributed by atoms with Crippen LogP contribution in [0.4, 0.5) is 0 Å². The molecular weight excluding hydrogens is 160 g/mol. The fourth-order valence-corrected chi connectivity index (χ4v) is 3.90. The average Bonchev–Trinajstić information content (AvgIpc) is 2.72. The Labute approximate surface area is 80.2 Å². The van der Waals surface area contributed by atoms with Crippen LogP contribution >= 0.6 is 0 Å². The zero-order valence-electron chi connectivity index (χ0n) is 8.28. The third-order valence-electron chi connectivity index (χ3n) is 4.32. The predicted octanol–water partition coefficient (Wildman–Crippen LogP) is 2.62. The molecular formula is C12H18O. The van der Waals surface area contributed by atoms with Crippen molar-refractivity contribution in [3.8, 4) is 0 Å². The molecule has 1 nitrogen and oxygen atoms in total. The van der Waals surface area contributed by atoms with Crippen LogP contribution in [-0.2, 0) is 4.74 Å². The molecule has 5 atom stereocenters. The molecule has 0 aromatic rings. The number of hydrogen-bond acceptors (Lipinski definition) is 1. The van der Waals surface area contributed by atoms with Crippen LogP contribution < -0.4 is 0 Å². The van der Waals surface area contributed by atoms with Gasteiger partial charge in [0.25, 0.3) is 0 Å². The Morgan fingerprint density at radius 3 is 3.08 bits per heavy atom. The lowest BCUT2D eigenvalue weighted by Crippen LogP contribution is -2.30. The fourth-order valence-electron chi connectivity index (χ4n) is 3.90. The first-order valence-corrected chi connectivity index (χ1v) is 5.68. The topological polar surface area (TPSA) is 9.23 Å². The first-order chi connectivity index (χ1) is 6.40. The molecule has 3 rings (SSSR count). The first-order valence-electron chi connectivity index (χ1n) is 5.68. The first kappa shape index (κ1) is 8.05. The Kier molecular flexibility index (Phi) is 1.76. The fraction of sp³-hybridized carbons (Fsp3) is 0.833. The Morgan fingerprint density at radius 2 is 2.23 bits per heavy atom. The molecule has 0 aromatic carbocycles. The molecule has 3 aliphatic rings. The Balaban J connectivity index is 1.76. The van der Waals surface area contributed by atoms with Gasteiger partial charge in [-0.1, -0.05) is 12.2 Å². The molecule has 0 heterocycles. The second kappa shape index (κ2) is 2.84. The minimum atomic E-state index is 0.608. The summed E-state index contributed by atoms with van der Waals surface area (Å²) in [6, 6.07) is 0. The summed E-state index contributed by atoms with van der Waals surface area (Å²) in [6.07, 6.45) is 9.58. The third-order valence-corrected chi connectivity index (χ3v) is 4.32. The van der Waals surface area contributed by atoms with Gasteiger partial charge in [-0.2, -0.15) is 0 Å². The smallest absolute Gasteiger partial charge is 0.0609 e. The van der Waals surface area contributed by atoms with E-state index in [-0.39, 0.29) is 0 Å². The van der Waals surface area contributed by atoms with E-state index in [0.717, 1.165) is 30.3 Å². The van der Waals surface area contributed by atoms with Gasteiger partial charge in [-0.05, 0) is 49.9 Å². The number of allylic oxidation sites excluding steroid dienone is 2. The van der Waals surface area contributed by atoms with Crippen molar-refractivity contribution >= 4 is 0 Å². The van der Waals surface area contributed by atoms with Gasteiger partial charge >= 0.3 is 0 Å². The highest BCUT2D eigenvalue weighted by molar-refractivity contribution is 5.14. The summed E-state index contributed by atoms with van der Waals surface area (Å²) in [5.41, 5.74) is 0. The molecule has 3 aliphatic carbocycles. The van der Waals surface area contributed by atoms with Crippen molar-refractivity contribution in [2.45, 2.75) is 32.3 Å². The van der Waals surface area contributed by atoms with Crippen LogP contribution in [0.25, 0.3) is 0 Å². The summed E-state index contributed by atoms with van der Waals surface area (Å²) >= 11 is 0. The number of rotatable bonds is 2. The van der Waals surface area contributed by atoms with E-state index in [9.17, 15) is 0 Å². The van der Waals surface area contributed by atoms with E-state index in [4.69, 9.17) is 4.74 Å². The van der Waals surface area contributed by atoms with E-state index in [1.54, 1.807) is 0 Å². The highest BCUT2D eigenvalue weighted by atomic mass is 16.5. The lowest BCUT2D eigenvalue weighted by atomic mass is 9.80. The standard InChI is InChI=1S/C12H18O/c1-2-13-12-7-8-6-11(12)10-5-3-4-9(8)10/h3-4,8-12H,2,5-7H2,1H3. The molecule has 0 saturated heterocycles. The van der Waals surface area contributed by atoms with E-state index < -0.39 is 0 Å². The molecule has 13 heavy (non-hydrogen) atoms. The molecule has 72 valence electrons. The Hall–Kier alpha value is -0.300. The molecule has 5 unspecified atom stereocenters. The molecule has 0 spiro atoms. The molecule has 0 aromatic heterocycles. The summed E-state index contributed by atoms with van der Waals surface area (Å²) in [5, 5.41) is 0. The molecule has 2 bridgehead atoms. The lowest BCUT2D eigenvalue weighted by Gasteiger charge is -2.31. The van der Waals surface area contributed by atoms with Crippen molar-refractivity contribution in [3.63, 3.8) is 0 Å². The van der Waals surface area contributed by atoms with E-state index in [1.165, 1.54) is 19.3 Å². The third kappa shape index (κ3) is 1.03. The average molecular weight is 178 g/mol. The Bertz CT molecular complexity index is 233. The van der Waals surface area contributed by atoms with Crippen molar-refractivity contribution in [2.75, 3.05) is 6.61 Å². The van der Waals surface area contributed by atoms with Gasteiger partial charge in [0.05, 0.1) is 6.10 Å². The summed E-state index contributed by atoms with van der Waals surface area (Å²) in [4.78, 5) is 0. The maximum atomic E-state index is 5.82. The normalized spacial score (nSPS) is 51.6. The van der Waals surface area contributed by atoms with Crippen LogP contribution in [0.1, 0.15) is 26.2 Å². The largest absolute Gasteiger partial charge is 0.378 e. The summed E-state index contributed by atoms with van der Waals surface area (Å²) < 4.78 is 5.82. The van der Waals surface area contributed by atoms with Gasteiger partial charge in [-0.3, -0.25) is 0 Å². The van der Waals surface area contributed by atoms with Gasteiger partial charge in [-0.15, -0.1) is 0 Å². The molecule has 1 heteroatoms. The van der Waals surface area contributed by atoms with E-state index in [2.05, 4.69) is 19.1 Å². The van der Waals surface area contributed by atoms with Crippen molar-refractivity contribution < 1.29 is 4.74 Å². The quantitative estimate of drug-likeness (QED) is 0.591. The molecule has 0 radical (unpaired) electrons. The highest BCUT2D eigenvalue weighted by Crippen LogP contribution is 2.57. The van der Waals surface area contributed by atoms with Crippen LogP contribution in [-0.4, -0.2) is 12.7 Å². The summed E-state index contributed by atoms with van der Waals surface area (Å²) in [7, 11) is 0. The monoisotopic (exact) mass is 178 g/mol. The zero-order valence-corrected chi connectivity index (χ0v) is 8.28. The number of ether oxygens (including phenoxy) is 1. The van der Waals surface area contributed by atoms with Crippen LogP contribution in [0.5, 0.6) is 0 Å². The van der Waals surface area contributed by atoms with Crippen molar-refractivity contribution in [1.82, 2.24) is 0 Å². The highest BCUT2D eigenvalue weighted by Gasteiger charge is 2.52. The van der Waals surface area contributed by atoms with Gasteiger partial charge in [-0.25, -0.2) is 0 Å². The second-order valence-corrected chi connectivity index (χ2v) is 4.79. The maximum Gasteiger partial charge on any atom is 0.0609 e. The second-order valence-electron chi connectivity index (χ2n) is 4.79. The van der Waals surface area contributed by atoms with Crippen LogP contribution in [0.3, 0.4) is 0 Å². The van der Waals surface area contributed by atoms with Crippen LogP contribution in [0, 0.1) is 23.7 Å². The number of hydrogen-bond donors (Lipinski definition) is 0. The Morgan fingerprint density at radius 1 is 1.31 bits per heavy atom. The van der Waals surface area contributed by atoms with E-state index >= 15 is 0 Å². The summed E-state index contributed by atoms with van der Waals surface area (Å²) in [5.74, 6) is 3.74. The van der Waals surface area contributed by atoms with Gasteiger partial charge in [0.15, 0.2) is 0 Å². The van der Waals surface area contributed by atoms with Gasteiger partial charge in [0.1, 0.15) is 0 Å². The number of fused-ring (bicyclic) bond motifs is 5. The van der Waals surface area contributed by atoms with Crippen molar-refractivity contribution in [1.29, 1.82) is 0 Å². The molecule has 2 saturated carbocycles. The van der Waals surface area contributed by atoms with E-state index in [0.29, 0.717) is 6.10 Å². The minimum Gasteiger partial charge on any atom is -0.378 e. The molecule has 2 fully saturated rings. The van der Waals surface area contributed by atoms with Gasteiger partial charge < -0.3 is 4.74 Å². The zero-order chi connectivity index (χ0) is 8.84. The van der Waals surface area contributed by atoms with Crippen LogP contribution in [0.15, 0.2) is 12.2 Å². The molecule has 0 amide bonds. The lowest BCUT2D eigenvalue weighted by molar-refractivity contribution is -0.000889. The van der Waals surface area contributed by atoms with Gasteiger partial charge in [0, 0.05) is 6.61 Å². The SMILES string of the molecule is CCOC1CC2CC1C1CC=CC21.